The van der Waals surface area contributed by atoms with Crippen molar-refractivity contribution in [3.63, 3.8) is 0 Å². The summed E-state index contributed by atoms with van der Waals surface area (Å²) in [5.74, 6) is 0.630. The highest BCUT2D eigenvalue weighted by atomic mass is 15.4. The zero-order valence-corrected chi connectivity index (χ0v) is 4.05. The van der Waals surface area contributed by atoms with E-state index in [0.717, 1.165) is 0 Å². The molecule has 6 heavy (non-hydrogen) atoms. The van der Waals surface area contributed by atoms with Crippen LogP contribution in [0.4, 0.5) is 0 Å². The molecule has 2 heteroatoms. The van der Waals surface area contributed by atoms with Gasteiger partial charge >= 0.3 is 0 Å². The topological polar surface area (TPSA) is 24.7 Å². The summed E-state index contributed by atoms with van der Waals surface area (Å²) in [4.78, 5) is 0. The molecule has 0 aromatic carbocycles. The second-order valence-corrected chi connectivity index (χ2v) is 1.89. The molecule has 0 atom stereocenters. The number of hydrogen-bond donors (Lipinski definition) is 0. The fraction of sp³-hybridized carbons (Fsp3) is 1.00. The van der Waals surface area contributed by atoms with Gasteiger partial charge in [-0.05, 0) is 5.92 Å². The summed E-state index contributed by atoms with van der Waals surface area (Å²) in [6.45, 7) is 4.23. The molecule has 34 valence electrons. The third kappa shape index (κ3) is 0.559. The lowest BCUT2D eigenvalue weighted by molar-refractivity contribution is 0.617. The van der Waals surface area contributed by atoms with Gasteiger partial charge in [0.2, 0.25) is 0 Å². The Labute approximate surface area is 37.3 Å². The molecule has 1 rings (SSSR count). The first-order valence-corrected chi connectivity index (χ1v) is 2.20. The number of nitrogens with zero attached hydrogens (tertiary/aromatic N) is 2. The zero-order valence-electron chi connectivity index (χ0n) is 4.05. The fourth-order valence-electron chi connectivity index (χ4n) is 0.305. The molecule has 1 aliphatic rings. The quantitative estimate of drug-likeness (QED) is 0.459. The molecule has 0 unspecified atom stereocenters. The highest BCUT2D eigenvalue weighted by molar-refractivity contribution is 4.72. The van der Waals surface area contributed by atoms with Crippen LogP contribution in [0, 0.1) is 5.92 Å². The van der Waals surface area contributed by atoms with Gasteiger partial charge in [-0.15, -0.1) is 0 Å². The van der Waals surface area contributed by atoms with Crippen LogP contribution in [0.2, 0.25) is 0 Å². The number of hydrogen-bond acceptors (Lipinski definition) is 2. The first-order valence-electron chi connectivity index (χ1n) is 2.20. The number of rotatable bonds is 1. The smallest absolute Gasteiger partial charge is 0.162 e. The molecule has 0 aromatic heterocycles. The van der Waals surface area contributed by atoms with Gasteiger partial charge in [-0.2, -0.15) is 10.2 Å². The van der Waals surface area contributed by atoms with Gasteiger partial charge < -0.3 is 0 Å². The summed E-state index contributed by atoms with van der Waals surface area (Å²) in [7, 11) is 0. The average molecular weight is 84.1 g/mol. The predicted molar refractivity (Wildman–Crippen MR) is 23.5 cm³/mol. The van der Waals surface area contributed by atoms with Crippen molar-refractivity contribution in [2.24, 2.45) is 16.1 Å². The summed E-state index contributed by atoms with van der Waals surface area (Å²) < 4.78 is 0. The molecule has 1 heterocycles. The van der Waals surface area contributed by atoms with E-state index in [0.29, 0.717) is 12.1 Å². The monoisotopic (exact) mass is 84.1 g/mol. The lowest BCUT2D eigenvalue weighted by atomic mass is 10.2. The average Bonchev–Trinajstić information content (AvgIpc) is 2.06. The highest BCUT2D eigenvalue weighted by Gasteiger charge is 2.18. The summed E-state index contributed by atoms with van der Waals surface area (Å²) in [6.07, 6.45) is 0.352. The van der Waals surface area contributed by atoms with Gasteiger partial charge in [0.05, 0.1) is 0 Å². The molecule has 1 aliphatic heterocycles. The van der Waals surface area contributed by atoms with Crippen LogP contribution in [0.3, 0.4) is 0 Å². The molecule has 0 spiro atoms. The maximum atomic E-state index is 3.73. The van der Waals surface area contributed by atoms with Crippen molar-refractivity contribution in [3.05, 3.63) is 0 Å². The molecule has 2 nitrogen and oxygen atoms in total. The summed E-state index contributed by atoms with van der Waals surface area (Å²) >= 11 is 0. The molecule has 0 N–H and O–H groups in total. The van der Waals surface area contributed by atoms with Gasteiger partial charge in [0.1, 0.15) is 0 Å². The maximum Gasteiger partial charge on any atom is 0.183 e. The van der Waals surface area contributed by atoms with Crippen molar-refractivity contribution in [3.8, 4) is 0 Å². The Balaban J connectivity index is 2.16. The molecule has 0 fully saturated rings. The summed E-state index contributed by atoms with van der Waals surface area (Å²) in [5.41, 5.74) is 0. The van der Waals surface area contributed by atoms with Crippen LogP contribution >= 0.6 is 0 Å². The minimum atomic E-state index is 0.352. The van der Waals surface area contributed by atoms with Gasteiger partial charge in [-0.1, -0.05) is 13.8 Å². The molecule has 0 saturated heterocycles. The van der Waals surface area contributed by atoms with Crippen LogP contribution in [-0.2, 0) is 0 Å². The molecule has 0 aromatic rings. The lowest BCUT2D eigenvalue weighted by Gasteiger charge is -1.89. The van der Waals surface area contributed by atoms with Gasteiger partial charge in [-0.25, -0.2) is 0 Å². The lowest BCUT2D eigenvalue weighted by Crippen LogP contribution is -1.94. The zero-order chi connectivity index (χ0) is 4.57. The third-order valence-electron chi connectivity index (χ3n) is 0.845. The Morgan fingerprint density at radius 1 is 1.33 bits per heavy atom. The second-order valence-electron chi connectivity index (χ2n) is 1.89. The Morgan fingerprint density at radius 2 is 1.83 bits per heavy atom. The van der Waals surface area contributed by atoms with Crippen molar-refractivity contribution >= 4 is 0 Å². The first-order chi connectivity index (χ1) is 2.80. The SMILES string of the molecule is CC(C)C1N=N1. The Bertz CT molecular complexity index is 69.6. The van der Waals surface area contributed by atoms with E-state index >= 15 is 0 Å². The minimum absolute atomic E-state index is 0.352. The van der Waals surface area contributed by atoms with Crippen molar-refractivity contribution in [1.82, 2.24) is 0 Å². The van der Waals surface area contributed by atoms with Gasteiger partial charge in [0.15, 0.2) is 6.17 Å². The first kappa shape index (κ1) is 3.78. The van der Waals surface area contributed by atoms with E-state index in [4.69, 9.17) is 0 Å². The van der Waals surface area contributed by atoms with Crippen LogP contribution in [0.15, 0.2) is 10.2 Å². The molecule has 0 amide bonds. The van der Waals surface area contributed by atoms with Crippen molar-refractivity contribution in [2.45, 2.75) is 20.0 Å². The summed E-state index contributed by atoms with van der Waals surface area (Å²) in [6, 6.07) is 0. The largest absolute Gasteiger partial charge is 0.183 e. The van der Waals surface area contributed by atoms with Crippen LogP contribution in [0.1, 0.15) is 13.8 Å². The highest BCUT2D eigenvalue weighted by Crippen LogP contribution is 2.18. The molecule has 0 radical (unpaired) electrons. The fourth-order valence-corrected chi connectivity index (χ4v) is 0.305. The van der Waals surface area contributed by atoms with E-state index in [-0.39, 0.29) is 0 Å². The van der Waals surface area contributed by atoms with Crippen molar-refractivity contribution in [1.29, 1.82) is 0 Å². The van der Waals surface area contributed by atoms with Gasteiger partial charge in [0.25, 0.3) is 0 Å². The molecule has 0 saturated carbocycles. The van der Waals surface area contributed by atoms with E-state index < -0.39 is 0 Å². The van der Waals surface area contributed by atoms with E-state index in [1.54, 1.807) is 0 Å². The van der Waals surface area contributed by atoms with E-state index in [2.05, 4.69) is 24.1 Å². The standard InChI is InChI=1S/C4H8N2/c1-3(2)4-5-6-4/h3-4H,1-2H3. The Morgan fingerprint density at radius 3 is 1.83 bits per heavy atom. The minimum Gasteiger partial charge on any atom is -0.162 e. The van der Waals surface area contributed by atoms with Crippen molar-refractivity contribution in [2.75, 3.05) is 0 Å². The Kier molecular flexibility index (Phi) is 0.650. The van der Waals surface area contributed by atoms with E-state index in [1.807, 2.05) is 0 Å². The van der Waals surface area contributed by atoms with Crippen molar-refractivity contribution < 1.29 is 0 Å². The van der Waals surface area contributed by atoms with Crippen LogP contribution in [0.25, 0.3) is 0 Å². The summed E-state index contributed by atoms with van der Waals surface area (Å²) in [5, 5.41) is 7.45. The van der Waals surface area contributed by atoms with Gasteiger partial charge in [-0.3, -0.25) is 0 Å². The second kappa shape index (κ2) is 1.03. The van der Waals surface area contributed by atoms with Crippen LogP contribution < -0.4 is 0 Å². The maximum absolute atomic E-state index is 3.73. The third-order valence-corrected chi connectivity index (χ3v) is 0.845. The predicted octanol–water partition coefficient (Wildman–Crippen LogP) is 1.43. The molecular weight excluding hydrogens is 76.1 g/mol. The van der Waals surface area contributed by atoms with Crippen LogP contribution in [0.5, 0.6) is 0 Å². The Hall–Kier alpha value is -0.400. The van der Waals surface area contributed by atoms with Crippen LogP contribution in [-0.4, -0.2) is 6.17 Å². The molecule has 0 bridgehead atoms. The normalized spacial score (nSPS) is 19.8. The molecular formula is C4H8N2. The van der Waals surface area contributed by atoms with Gasteiger partial charge in [0, 0.05) is 0 Å². The van der Waals surface area contributed by atoms with E-state index in [9.17, 15) is 0 Å². The molecule has 0 aliphatic carbocycles. The van der Waals surface area contributed by atoms with E-state index in [1.165, 1.54) is 0 Å².